The SMILES string of the molecule is Cc1ccccc1-c1nnc(-c2ccccc2)n1-c1cncnc1. The van der Waals surface area contributed by atoms with Crippen LogP contribution >= 0.6 is 0 Å². The van der Waals surface area contributed by atoms with E-state index in [1.165, 1.54) is 6.33 Å². The molecular formula is C19H15N5. The van der Waals surface area contributed by atoms with Gasteiger partial charge < -0.3 is 0 Å². The fourth-order valence-electron chi connectivity index (χ4n) is 2.71. The highest BCUT2D eigenvalue weighted by atomic mass is 15.3. The predicted molar refractivity (Wildman–Crippen MR) is 92.6 cm³/mol. The Morgan fingerprint density at radius 1 is 0.750 bits per heavy atom. The standard InChI is InChI=1S/C19H15N5/c1-14-7-5-6-10-17(14)19-23-22-18(15-8-3-2-4-9-15)24(19)16-11-20-13-21-12-16/h2-13H,1H3. The van der Waals surface area contributed by atoms with Crippen LogP contribution in [0.1, 0.15) is 5.56 Å². The Morgan fingerprint density at radius 2 is 1.42 bits per heavy atom. The average Bonchev–Trinajstić information content (AvgIpc) is 3.08. The van der Waals surface area contributed by atoms with E-state index in [1.807, 2.05) is 47.0 Å². The van der Waals surface area contributed by atoms with Gasteiger partial charge in [-0.1, -0.05) is 54.6 Å². The summed E-state index contributed by atoms with van der Waals surface area (Å²) in [6.45, 7) is 2.07. The monoisotopic (exact) mass is 313 g/mol. The van der Waals surface area contributed by atoms with Crippen LogP contribution in [0.4, 0.5) is 0 Å². The largest absolute Gasteiger partial charge is 0.272 e. The van der Waals surface area contributed by atoms with Gasteiger partial charge >= 0.3 is 0 Å². The van der Waals surface area contributed by atoms with E-state index in [2.05, 4.69) is 39.2 Å². The topological polar surface area (TPSA) is 56.5 Å². The minimum absolute atomic E-state index is 0.767. The van der Waals surface area contributed by atoms with E-state index in [1.54, 1.807) is 12.4 Å². The van der Waals surface area contributed by atoms with E-state index in [9.17, 15) is 0 Å². The van der Waals surface area contributed by atoms with Crippen molar-refractivity contribution in [1.82, 2.24) is 24.7 Å². The van der Waals surface area contributed by atoms with Gasteiger partial charge in [-0.3, -0.25) is 4.57 Å². The second kappa shape index (κ2) is 6.04. The summed E-state index contributed by atoms with van der Waals surface area (Å²) in [5, 5.41) is 8.90. The Labute approximate surface area is 139 Å². The Morgan fingerprint density at radius 3 is 2.17 bits per heavy atom. The highest BCUT2D eigenvalue weighted by Crippen LogP contribution is 2.29. The van der Waals surface area contributed by atoms with E-state index >= 15 is 0 Å². The molecule has 0 amide bonds. The molecule has 2 aromatic heterocycles. The lowest BCUT2D eigenvalue weighted by atomic mass is 10.1. The van der Waals surface area contributed by atoms with Gasteiger partial charge in [-0.2, -0.15) is 0 Å². The van der Waals surface area contributed by atoms with Crippen molar-refractivity contribution in [1.29, 1.82) is 0 Å². The zero-order valence-electron chi connectivity index (χ0n) is 13.2. The van der Waals surface area contributed by atoms with Crippen LogP contribution in [0.2, 0.25) is 0 Å². The van der Waals surface area contributed by atoms with E-state index in [4.69, 9.17) is 0 Å². The van der Waals surface area contributed by atoms with E-state index in [-0.39, 0.29) is 0 Å². The Kier molecular flexibility index (Phi) is 3.59. The quantitative estimate of drug-likeness (QED) is 0.578. The molecule has 0 saturated carbocycles. The van der Waals surface area contributed by atoms with Crippen LogP contribution in [0, 0.1) is 6.92 Å². The first-order valence-electron chi connectivity index (χ1n) is 7.67. The summed E-state index contributed by atoms with van der Waals surface area (Å²) in [4.78, 5) is 8.29. The van der Waals surface area contributed by atoms with Crippen molar-refractivity contribution in [3.05, 3.63) is 78.9 Å². The molecule has 2 heterocycles. The van der Waals surface area contributed by atoms with Crippen molar-refractivity contribution in [3.63, 3.8) is 0 Å². The lowest BCUT2D eigenvalue weighted by molar-refractivity contribution is 1.02. The fraction of sp³-hybridized carbons (Fsp3) is 0.0526. The van der Waals surface area contributed by atoms with Crippen molar-refractivity contribution in [2.75, 3.05) is 0 Å². The molecule has 116 valence electrons. The molecule has 0 aliphatic carbocycles. The molecular weight excluding hydrogens is 298 g/mol. The van der Waals surface area contributed by atoms with E-state index in [0.29, 0.717) is 0 Å². The van der Waals surface area contributed by atoms with Crippen LogP contribution in [-0.2, 0) is 0 Å². The van der Waals surface area contributed by atoms with Gasteiger partial charge in [0.2, 0.25) is 0 Å². The molecule has 4 aromatic rings. The smallest absolute Gasteiger partial charge is 0.169 e. The summed E-state index contributed by atoms with van der Waals surface area (Å²) in [5.41, 5.74) is 4.01. The molecule has 5 heteroatoms. The van der Waals surface area contributed by atoms with Crippen molar-refractivity contribution in [2.45, 2.75) is 6.92 Å². The van der Waals surface area contributed by atoms with Crippen LogP contribution in [0.15, 0.2) is 73.3 Å². The number of nitrogens with zero attached hydrogens (tertiary/aromatic N) is 5. The van der Waals surface area contributed by atoms with Gasteiger partial charge in [-0.05, 0) is 12.5 Å². The van der Waals surface area contributed by atoms with Crippen LogP contribution in [0.25, 0.3) is 28.5 Å². The first kappa shape index (κ1) is 14.3. The molecule has 0 fully saturated rings. The van der Waals surface area contributed by atoms with Crippen molar-refractivity contribution in [3.8, 4) is 28.5 Å². The molecule has 0 unspecified atom stereocenters. The summed E-state index contributed by atoms with van der Waals surface area (Å²) in [6.07, 6.45) is 5.05. The molecule has 0 N–H and O–H groups in total. The normalized spacial score (nSPS) is 10.7. The number of aryl methyl sites for hydroxylation is 1. The summed E-state index contributed by atoms with van der Waals surface area (Å²) in [6, 6.07) is 18.1. The number of aromatic nitrogens is 5. The predicted octanol–water partition coefficient (Wildman–Crippen LogP) is 3.70. The molecule has 0 atom stereocenters. The number of benzene rings is 2. The molecule has 4 rings (SSSR count). The minimum atomic E-state index is 0.767. The Balaban J connectivity index is 2.00. The molecule has 5 nitrogen and oxygen atoms in total. The second-order valence-electron chi connectivity index (χ2n) is 5.46. The molecule has 0 spiro atoms. The molecule has 0 aliphatic heterocycles. The summed E-state index contributed by atoms with van der Waals surface area (Å²) in [7, 11) is 0. The third kappa shape index (κ3) is 2.46. The van der Waals surface area contributed by atoms with Crippen molar-refractivity contribution < 1.29 is 0 Å². The average molecular weight is 313 g/mol. The Hall–Kier alpha value is -3.34. The maximum absolute atomic E-state index is 4.46. The van der Waals surface area contributed by atoms with Gasteiger partial charge in [-0.25, -0.2) is 9.97 Å². The molecule has 0 aliphatic rings. The number of rotatable bonds is 3. The molecule has 0 radical (unpaired) electrons. The Bertz CT molecular complexity index is 961. The number of hydrogen-bond acceptors (Lipinski definition) is 4. The van der Waals surface area contributed by atoms with Gasteiger partial charge in [0.05, 0.1) is 18.1 Å². The molecule has 2 aromatic carbocycles. The van der Waals surface area contributed by atoms with Gasteiger partial charge in [0.25, 0.3) is 0 Å². The lowest BCUT2D eigenvalue weighted by Gasteiger charge is -2.11. The zero-order chi connectivity index (χ0) is 16.4. The summed E-state index contributed by atoms with van der Waals surface area (Å²) >= 11 is 0. The fourth-order valence-corrected chi connectivity index (χ4v) is 2.71. The van der Waals surface area contributed by atoms with Crippen LogP contribution in [0.5, 0.6) is 0 Å². The summed E-state index contributed by atoms with van der Waals surface area (Å²) in [5.74, 6) is 1.55. The van der Waals surface area contributed by atoms with Gasteiger partial charge in [0.1, 0.15) is 6.33 Å². The zero-order valence-corrected chi connectivity index (χ0v) is 13.2. The molecule has 24 heavy (non-hydrogen) atoms. The van der Waals surface area contributed by atoms with Gasteiger partial charge in [0.15, 0.2) is 11.6 Å². The van der Waals surface area contributed by atoms with E-state index in [0.717, 1.165) is 34.0 Å². The van der Waals surface area contributed by atoms with Crippen molar-refractivity contribution >= 4 is 0 Å². The third-order valence-corrected chi connectivity index (χ3v) is 3.89. The lowest BCUT2D eigenvalue weighted by Crippen LogP contribution is -2.02. The van der Waals surface area contributed by atoms with Crippen LogP contribution < -0.4 is 0 Å². The number of hydrogen-bond donors (Lipinski definition) is 0. The third-order valence-electron chi connectivity index (χ3n) is 3.89. The minimum Gasteiger partial charge on any atom is -0.272 e. The maximum Gasteiger partial charge on any atom is 0.169 e. The maximum atomic E-state index is 4.46. The summed E-state index contributed by atoms with van der Waals surface area (Å²) < 4.78 is 2.00. The first-order chi connectivity index (χ1) is 11.8. The van der Waals surface area contributed by atoms with Gasteiger partial charge in [-0.15, -0.1) is 10.2 Å². The van der Waals surface area contributed by atoms with Crippen molar-refractivity contribution in [2.24, 2.45) is 0 Å². The first-order valence-corrected chi connectivity index (χ1v) is 7.67. The highest BCUT2D eigenvalue weighted by Gasteiger charge is 2.18. The highest BCUT2D eigenvalue weighted by molar-refractivity contribution is 5.68. The second-order valence-corrected chi connectivity index (χ2v) is 5.46. The molecule has 0 saturated heterocycles. The van der Waals surface area contributed by atoms with Gasteiger partial charge in [0, 0.05) is 11.1 Å². The van der Waals surface area contributed by atoms with Crippen LogP contribution in [-0.4, -0.2) is 24.7 Å². The van der Waals surface area contributed by atoms with E-state index < -0.39 is 0 Å². The van der Waals surface area contributed by atoms with Crippen LogP contribution in [0.3, 0.4) is 0 Å². The molecule has 0 bridgehead atoms.